The zero-order valence-electron chi connectivity index (χ0n) is 9.92. The Morgan fingerprint density at radius 1 is 1.25 bits per heavy atom. The molecular formula is C11H10F3N3O3. The molecule has 0 bridgehead atoms. The highest BCUT2D eigenvalue weighted by Gasteiger charge is 2.37. The average Bonchev–Trinajstić information content (AvgIpc) is 2.83. The van der Waals surface area contributed by atoms with Crippen LogP contribution < -0.4 is 5.73 Å². The van der Waals surface area contributed by atoms with Crippen LogP contribution in [0, 0.1) is 0 Å². The summed E-state index contributed by atoms with van der Waals surface area (Å²) in [6, 6.07) is 3.00. The van der Waals surface area contributed by atoms with Gasteiger partial charge in [-0.1, -0.05) is 11.2 Å². The molecule has 9 heteroatoms. The van der Waals surface area contributed by atoms with Crippen LogP contribution in [0.5, 0.6) is 11.5 Å². The third-order valence-electron chi connectivity index (χ3n) is 2.51. The Labute approximate surface area is 110 Å². The monoisotopic (exact) mass is 289 g/mol. The molecule has 2 aromatic rings. The average molecular weight is 289 g/mol. The number of phenols is 2. The quantitative estimate of drug-likeness (QED) is 0.743. The standard InChI is InChI=1S/C11H10F3N3O3/c12-11(13,14)10-16-9(20-17-10)6(15)3-5-1-2-7(18)8(19)4-5/h1-2,4,6,18-19H,3,15H2. The number of nitrogens with zero attached hydrogens (tertiary/aromatic N) is 2. The first kappa shape index (κ1) is 14.1. The smallest absolute Gasteiger partial charge is 0.455 e. The number of phenolic OH excluding ortho intramolecular Hbond substituents is 2. The van der Waals surface area contributed by atoms with Gasteiger partial charge in [-0.2, -0.15) is 18.2 Å². The molecule has 0 saturated carbocycles. The van der Waals surface area contributed by atoms with Crippen molar-refractivity contribution in [1.82, 2.24) is 10.1 Å². The van der Waals surface area contributed by atoms with E-state index in [1.807, 2.05) is 0 Å². The van der Waals surface area contributed by atoms with Crippen LogP contribution in [-0.4, -0.2) is 20.4 Å². The van der Waals surface area contributed by atoms with Crippen LogP contribution in [-0.2, 0) is 12.6 Å². The van der Waals surface area contributed by atoms with Gasteiger partial charge in [0.2, 0.25) is 5.89 Å². The van der Waals surface area contributed by atoms with Gasteiger partial charge in [-0.05, 0) is 24.1 Å². The summed E-state index contributed by atoms with van der Waals surface area (Å²) in [5.41, 5.74) is 6.16. The highest BCUT2D eigenvalue weighted by molar-refractivity contribution is 5.40. The zero-order valence-corrected chi connectivity index (χ0v) is 9.92. The minimum Gasteiger partial charge on any atom is -0.504 e. The van der Waals surface area contributed by atoms with E-state index in [9.17, 15) is 18.3 Å². The maximum absolute atomic E-state index is 12.3. The van der Waals surface area contributed by atoms with E-state index in [0.29, 0.717) is 5.56 Å². The molecular weight excluding hydrogens is 279 g/mol. The van der Waals surface area contributed by atoms with Gasteiger partial charge in [-0.15, -0.1) is 0 Å². The number of rotatable bonds is 3. The van der Waals surface area contributed by atoms with Crippen LogP contribution in [0.1, 0.15) is 23.3 Å². The Balaban J connectivity index is 2.13. The van der Waals surface area contributed by atoms with Gasteiger partial charge in [0, 0.05) is 0 Å². The Kier molecular flexibility index (Phi) is 3.53. The first-order valence-corrected chi connectivity index (χ1v) is 5.44. The molecule has 0 fully saturated rings. The predicted octanol–water partition coefficient (Wildman–Crippen LogP) is 1.74. The third-order valence-corrected chi connectivity index (χ3v) is 2.51. The Hall–Kier alpha value is -2.29. The minimum absolute atomic E-state index is 0.0628. The molecule has 0 aliphatic rings. The van der Waals surface area contributed by atoms with Crippen molar-refractivity contribution >= 4 is 0 Å². The zero-order chi connectivity index (χ0) is 14.9. The van der Waals surface area contributed by atoms with Crippen LogP contribution in [0.3, 0.4) is 0 Å². The number of halogens is 3. The summed E-state index contributed by atoms with van der Waals surface area (Å²) in [7, 11) is 0. The Morgan fingerprint density at radius 3 is 2.50 bits per heavy atom. The number of nitrogens with two attached hydrogens (primary N) is 1. The highest BCUT2D eigenvalue weighted by atomic mass is 19.4. The third kappa shape index (κ3) is 2.99. The van der Waals surface area contributed by atoms with E-state index < -0.39 is 18.0 Å². The first-order chi connectivity index (χ1) is 9.27. The molecule has 0 aliphatic carbocycles. The molecule has 108 valence electrons. The Bertz CT molecular complexity index is 612. The van der Waals surface area contributed by atoms with Gasteiger partial charge >= 0.3 is 6.18 Å². The maximum atomic E-state index is 12.3. The molecule has 20 heavy (non-hydrogen) atoms. The summed E-state index contributed by atoms with van der Waals surface area (Å²) in [5, 5.41) is 21.2. The minimum atomic E-state index is -4.70. The summed E-state index contributed by atoms with van der Waals surface area (Å²) in [4.78, 5) is 3.18. The molecule has 6 nitrogen and oxygen atoms in total. The van der Waals surface area contributed by atoms with Crippen LogP contribution >= 0.6 is 0 Å². The summed E-state index contributed by atoms with van der Waals surface area (Å²) >= 11 is 0. The lowest BCUT2D eigenvalue weighted by Gasteiger charge is -2.07. The van der Waals surface area contributed by atoms with Gasteiger partial charge < -0.3 is 20.5 Å². The molecule has 0 radical (unpaired) electrons. The van der Waals surface area contributed by atoms with Crippen LogP contribution in [0.2, 0.25) is 0 Å². The molecule has 1 aromatic carbocycles. The van der Waals surface area contributed by atoms with Crippen molar-refractivity contribution in [2.45, 2.75) is 18.6 Å². The van der Waals surface area contributed by atoms with Crippen molar-refractivity contribution in [3.8, 4) is 11.5 Å². The van der Waals surface area contributed by atoms with Crippen molar-refractivity contribution < 1.29 is 27.9 Å². The predicted molar refractivity (Wildman–Crippen MR) is 59.7 cm³/mol. The van der Waals surface area contributed by atoms with Gasteiger partial charge in [0.15, 0.2) is 11.5 Å². The van der Waals surface area contributed by atoms with E-state index in [2.05, 4.69) is 14.7 Å². The lowest BCUT2D eigenvalue weighted by molar-refractivity contribution is -0.146. The van der Waals surface area contributed by atoms with Gasteiger partial charge in [-0.3, -0.25) is 0 Å². The molecule has 0 saturated heterocycles. The molecule has 0 aliphatic heterocycles. The second-order valence-corrected chi connectivity index (χ2v) is 4.09. The molecule has 1 aromatic heterocycles. The lowest BCUT2D eigenvalue weighted by Crippen LogP contribution is -2.14. The van der Waals surface area contributed by atoms with Crippen molar-refractivity contribution in [2.24, 2.45) is 5.73 Å². The van der Waals surface area contributed by atoms with Crippen molar-refractivity contribution in [3.05, 3.63) is 35.5 Å². The van der Waals surface area contributed by atoms with E-state index >= 15 is 0 Å². The van der Waals surface area contributed by atoms with E-state index in [0.717, 1.165) is 0 Å². The number of hydrogen-bond donors (Lipinski definition) is 3. The summed E-state index contributed by atoms with van der Waals surface area (Å²) in [6.07, 6.45) is -4.63. The fourth-order valence-corrected chi connectivity index (χ4v) is 1.54. The van der Waals surface area contributed by atoms with Crippen LogP contribution in [0.4, 0.5) is 13.2 Å². The Morgan fingerprint density at radius 2 is 1.95 bits per heavy atom. The SMILES string of the molecule is NC(Cc1ccc(O)c(O)c1)c1nc(C(F)(F)F)no1. The lowest BCUT2D eigenvalue weighted by atomic mass is 10.1. The van der Waals surface area contributed by atoms with Gasteiger partial charge in [-0.25, -0.2) is 0 Å². The number of aromatic hydroxyl groups is 2. The van der Waals surface area contributed by atoms with Crippen molar-refractivity contribution in [1.29, 1.82) is 0 Å². The van der Waals surface area contributed by atoms with Gasteiger partial charge in [0.1, 0.15) is 0 Å². The topological polar surface area (TPSA) is 105 Å². The molecule has 1 atom stereocenters. The number of benzene rings is 1. The summed E-state index contributed by atoms with van der Waals surface area (Å²) in [5.74, 6) is -2.41. The summed E-state index contributed by atoms with van der Waals surface area (Å²) in [6.45, 7) is 0. The molecule has 0 amide bonds. The molecule has 1 heterocycles. The summed E-state index contributed by atoms with van der Waals surface area (Å²) < 4.78 is 41.4. The van der Waals surface area contributed by atoms with E-state index in [-0.39, 0.29) is 23.8 Å². The largest absolute Gasteiger partial charge is 0.504 e. The highest BCUT2D eigenvalue weighted by Crippen LogP contribution is 2.29. The fourth-order valence-electron chi connectivity index (χ4n) is 1.54. The van der Waals surface area contributed by atoms with Crippen LogP contribution in [0.15, 0.2) is 22.7 Å². The maximum Gasteiger partial charge on any atom is 0.455 e. The first-order valence-electron chi connectivity index (χ1n) is 5.44. The second kappa shape index (κ2) is 5.00. The number of aromatic nitrogens is 2. The van der Waals surface area contributed by atoms with Gasteiger partial charge in [0.05, 0.1) is 6.04 Å². The molecule has 2 rings (SSSR count). The normalized spacial score (nSPS) is 13.4. The molecule has 0 spiro atoms. The number of alkyl halides is 3. The molecule has 4 N–H and O–H groups in total. The van der Waals surface area contributed by atoms with Gasteiger partial charge in [0.25, 0.3) is 5.82 Å². The van der Waals surface area contributed by atoms with Crippen molar-refractivity contribution in [2.75, 3.05) is 0 Å². The van der Waals surface area contributed by atoms with E-state index in [4.69, 9.17) is 10.8 Å². The van der Waals surface area contributed by atoms with E-state index in [1.54, 1.807) is 0 Å². The molecule has 1 unspecified atom stereocenters. The van der Waals surface area contributed by atoms with Crippen molar-refractivity contribution in [3.63, 3.8) is 0 Å². The second-order valence-electron chi connectivity index (χ2n) is 4.09. The number of hydrogen-bond acceptors (Lipinski definition) is 6. The van der Waals surface area contributed by atoms with E-state index in [1.165, 1.54) is 18.2 Å². The fraction of sp³-hybridized carbons (Fsp3) is 0.273. The van der Waals surface area contributed by atoms with Crippen LogP contribution in [0.25, 0.3) is 0 Å².